The molecule has 1 aliphatic heterocycles. The van der Waals surface area contributed by atoms with Crippen molar-refractivity contribution in [2.24, 2.45) is 5.92 Å². The van der Waals surface area contributed by atoms with Gasteiger partial charge in [0.05, 0.1) is 27.8 Å². The van der Waals surface area contributed by atoms with Gasteiger partial charge >= 0.3 is 0 Å². The van der Waals surface area contributed by atoms with Gasteiger partial charge in [-0.1, -0.05) is 60.5 Å². The van der Waals surface area contributed by atoms with Crippen molar-refractivity contribution in [3.05, 3.63) is 69.2 Å². The molecule has 0 unspecified atom stereocenters. The SMILES string of the molecule is CCc1ccc([C@@H](C)NC(=O)[C@@H]2CCCN(S(=O)(=O)Cc3ccc(Cl)c(Cl)c3)C2)cc1. The fraction of sp³-hybridized carbons (Fsp3) is 0.435. The van der Waals surface area contributed by atoms with Crippen molar-refractivity contribution in [1.29, 1.82) is 0 Å². The van der Waals surface area contributed by atoms with E-state index < -0.39 is 10.0 Å². The quantitative estimate of drug-likeness (QED) is 0.605. The monoisotopic (exact) mass is 482 g/mol. The number of rotatable bonds is 7. The second kappa shape index (κ2) is 10.3. The second-order valence-electron chi connectivity index (χ2n) is 8.03. The zero-order valence-electron chi connectivity index (χ0n) is 17.8. The summed E-state index contributed by atoms with van der Waals surface area (Å²) in [5, 5.41) is 3.76. The first-order valence-electron chi connectivity index (χ1n) is 10.5. The molecule has 168 valence electrons. The van der Waals surface area contributed by atoms with Crippen molar-refractivity contribution in [3.63, 3.8) is 0 Å². The Balaban J connectivity index is 1.62. The zero-order chi connectivity index (χ0) is 22.6. The maximum absolute atomic E-state index is 12.9. The third-order valence-electron chi connectivity index (χ3n) is 5.73. The minimum Gasteiger partial charge on any atom is -0.349 e. The molecule has 0 saturated carbocycles. The van der Waals surface area contributed by atoms with E-state index in [1.807, 2.05) is 19.1 Å². The fourth-order valence-corrected chi connectivity index (χ4v) is 5.72. The molecule has 3 rings (SSSR count). The van der Waals surface area contributed by atoms with Gasteiger partial charge < -0.3 is 5.32 Å². The lowest BCUT2D eigenvalue weighted by molar-refractivity contribution is -0.126. The van der Waals surface area contributed by atoms with Crippen LogP contribution in [-0.4, -0.2) is 31.7 Å². The number of benzene rings is 2. The minimum absolute atomic E-state index is 0.110. The average molecular weight is 483 g/mol. The number of hydrogen-bond acceptors (Lipinski definition) is 3. The van der Waals surface area contributed by atoms with Crippen molar-refractivity contribution in [2.45, 2.75) is 44.9 Å². The first-order valence-corrected chi connectivity index (χ1v) is 12.9. The van der Waals surface area contributed by atoms with Gasteiger partial charge in [-0.2, -0.15) is 0 Å². The summed E-state index contributed by atoms with van der Waals surface area (Å²) in [6.07, 6.45) is 2.29. The van der Waals surface area contributed by atoms with Gasteiger partial charge in [-0.15, -0.1) is 0 Å². The molecule has 1 amide bonds. The number of hydrogen-bond donors (Lipinski definition) is 1. The van der Waals surface area contributed by atoms with Crippen LogP contribution >= 0.6 is 23.2 Å². The summed E-state index contributed by atoms with van der Waals surface area (Å²) < 4.78 is 27.3. The molecule has 1 saturated heterocycles. The number of piperidine rings is 1. The second-order valence-corrected chi connectivity index (χ2v) is 10.8. The summed E-state index contributed by atoms with van der Waals surface area (Å²) in [5.74, 6) is -0.644. The van der Waals surface area contributed by atoms with Crippen LogP contribution in [0.5, 0.6) is 0 Å². The zero-order valence-corrected chi connectivity index (χ0v) is 20.1. The van der Waals surface area contributed by atoms with Crippen LogP contribution in [0.2, 0.25) is 10.0 Å². The van der Waals surface area contributed by atoms with E-state index in [1.165, 1.54) is 9.87 Å². The van der Waals surface area contributed by atoms with E-state index in [9.17, 15) is 13.2 Å². The summed E-state index contributed by atoms with van der Waals surface area (Å²) in [5.41, 5.74) is 2.85. The Hall–Kier alpha value is -1.60. The molecular formula is C23H28Cl2N2O3S. The number of amides is 1. The highest BCUT2D eigenvalue weighted by Gasteiger charge is 2.33. The summed E-state index contributed by atoms with van der Waals surface area (Å²) in [6.45, 7) is 4.66. The number of nitrogens with zero attached hydrogens (tertiary/aromatic N) is 1. The largest absolute Gasteiger partial charge is 0.349 e. The number of aryl methyl sites for hydroxylation is 1. The molecule has 0 aromatic heterocycles. The van der Waals surface area contributed by atoms with Crippen LogP contribution in [0.3, 0.4) is 0 Å². The molecule has 2 aromatic rings. The molecule has 2 atom stereocenters. The van der Waals surface area contributed by atoms with Crippen LogP contribution in [0.1, 0.15) is 49.4 Å². The van der Waals surface area contributed by atoms with E-state index in [4.69, 9.17) is 23.2 Å². The van der Waals surface area contributed by atoms with E-state index in [1.54, 1.807) is 18.2 Å². The predicted molar refractivity (Wildman–Crippen MR) is 126 cm³/mol. The van der Waals surface area contributed by atoms with E-state index in [2.05, 4.69) is 24.4 Å². The summed E-state index contributed by atoms with van der Waals surface area (Å²) >= 11 is 11.9. The van der Waals surface area contributed by atoms with Gasteiger partial charge in [-0.05, 0) is 55.0 Å². The van der Waals surface area contributed by atoms with E-state index in [0.29, 0.717) is 35.0 Å². The Morgan fingerprint density at radius 3 is 2.45 bits per heavy atom. The lowest BCUT2D eigenvalue weighted by Gasteiger charge is -2.32. The van der Waals surface area contributed by atoms with E-state index >= 15 is 0 Å². The van der Waals surface area contributed by atoms with Crippen LogP contribution in [0.4, 0.5) is 0 Å². The maximum atomic E-state index is 12.9. The van der Waals surface area contributed by atoms with Crippen molar-refractivity contribution in [3.8, 4) is 0 Å². The Bertz CT molecular complexity index is 1030. The van der Waals surface area contributed by atoms with Crippen molar-refractivity contribution in [1.82, 2.24) is 9.62 Å². The molecule has 0 bridgehead atoms. The van der Waals surface area contributed by atoms with E-state index in [0.717, 1.165) is 12.0 Å². The topological polar surface area (TPSA) is 66.5 Å². The molecule has 0 radical (unpaired) electrons. The molecule has 5 nitrogen and oxygen atoms in total. The van der Waals surface area contributed by atoms with Crippen molar-refractivity contribution >= 4 is 39.1 Å². The lowest BCUT2D eigenvalue weighted by Crippen LogP contribution is -2.46. The first-order chi connectivity index (χ1) is 14.7. The Labute approximate surface area is 194 Å². The molecule has 0 aliphatic carbocycles. The van der Waals surface area contributed by atoms with E-state index in [-0.39, 0.29) is 30.2 Å². The van der Waals surface area contributed by atoms with Crippen molar-refractivity contribution in [2.75, 3.05) is 13.1 Å². The normalized spacial score (nSPS) is 18.5. The standard InChI is InChI=1S/C23H28Cl2N2O3S/c1-3-17-6-9-19(10-7-17)16(2)26-23(28)20-5-4-12-27(14-20)31(29,30)15-18-8-11-21(24)22(25)13-18/h6-11,13,16,20H,3-5,12,14-15H2,1-2H3,(H,26,28)/t16-,20-/m1/s1. The minimum atomic E-state index is -3.57. The van der Waals surface area contributed by atoms with Gasteiger partial charge in [-0.3, -0.25) is 4.79 Å². The number of halogens is 2. The Morgan fingerprint density at radius 1 is 1.13 bits per heavy atom. The van der Waals surface area contributed by atoms with Gasteiger partial charge in [0.15, 0.2) is 0 Å². The molecule has 2 aromatic carbocycles. The summed E-state index contributed by atoms with van der Waals surface area (Å²) in [6, 6.07) is 12.9. The summed E-state index contributed by atoms with van der Waals surface area (Å²) in [4.78, 5) is 12.9. The lowest BCUT2D eigenvalue weighted by atomic mass is 9.97. The summed E-state index contributed by atoms with van der Waals surface area (Å²) in [7, 11) is -3.57. The van der Waals surface area contributed by atoms with Gasteiger partial charge in [0.2, 0.25) is 15.9 Å². The van der Waals surface area contributed by atoms with Gasteiger partial charge in [0.25, 0.3) is 0 Å². The van der Waals surface area contributed by atoms with Crippen LogP contribution in [0.25, 0.3) is 0 Å². The predicted octanol–water partition coefficient (Wildman–Crippen LogP) is 4.98. The number of carbonyl (C=O) groups is 1. The highest BCUT2D eigenvalue weighted by molar-refractivity contribution is 7.88. The van der Waals surface area contributed by atoms with Crippen LogP contribution in [-0.2, 0) is 27.0 Å². The van der Waals surface area contributed by atoms with Crippen LogP contribution in [0, 0.1) is 5.92 Å². The smallest absolute Gasteiger partial charge is 0.224 e. The van der Waals surface area contributed by atoms with Gasteiger partial charge in [-0.25, -0.2) is 12.7 Å². The molecule has 31 heavy (non-hydrogen) atoms. The van der Waals surface area contributed by atoms with Gasteiger partial charge in [0.1, 0.15) is 0 Å². The molecule has 1 heterocycles. The first kappa shape index (κ1) is 24.1. The number of nitrogens with one attached hydrogen (secondary N) is 1. The van der Waals surface area contributed by atoms with Crippen LogP contribution < -0.4 is 5.32 Å². The van der Waals surface area contributed by atoms with Gasteiger partial charge in [0, 0.05) is 13.1 Å². The average Bonchev–Trinajstić information content (AvgIpc) is 2.76. The number of sulfonamides is 1. The molecular weight excluding hydrogens is 455 g/mol. The van der Waals surface area contributed by atoms with Crippen LogP contribution in [0.15, 0.2) is 42.5 Å². The number of carbonyl (C=O) groups excluding carboxylic acids is 1. The molecule has 1 aliphatic rings. The maximum Gasteiger partial charge on any atom is 0.224 e. The fourth-order valence-electron chi connectivity index (χ4n) is 3.80. The highest BCUT2D eigenvalue weighted by atomic mass is 35.5. The third-order valence-corrected chi connectivity index (χ3v) is 8.28. The molecule has 8 heteroatoms. The molecule has 0 spiro atoms. The Morgan fingerprint density at radius 2 is 1.81 bits per heavy atom. The third kappa shape index (κ3) is 6.22. The van der Waals surface area contributed by atoms with Crippen molar-refractivity contribution < 1.29 is 13.2 Å². The molecule has 1 fully saturated rings. The Kier molecular flexibility index (Phi) is 8.03. The molecule has 1 N–H and O–H groups in total. The highest BCUT2D eigenvalue weighted by Crippen LogP contribution is 2.26.